The van der Waals surface area contributed by atoms with Gasteiger partial charge in [0.05, 0.1) is 0 Å². The van der Waals surface area contributed by atoms with Crippen LogP contribution in [0.2, 0.25) is 0 Å². The van der Waals surface area contributed by atoms with Gasteiger partial charge < -0.3 is 14.4 Å². The number of rotatable bonds is 4. The van der Waals surface area contributed by atoms with Gasteiger partial charge in [0.15, 0.2) is 0 Å². The molecule has 5 heteroatoms. The summed E-state index contributed by atoms with van der Waals surface area (Å²) >= 11 is 0. The Kier molecular flexibility index (Phi) is 5.77. The second-order valence-electron chi connectivity index (χ2n) is 8.16. The fourth-order valence-electron chi connectivity index (χ4n) is 4.20. The van der Waals surface area contributed by atoms with Crippen LogP contribution in [0.15, 0.2) is 103 Å². The lowest BCUT2D eigenvalue weighted by Gasteiger charge is -2.35. The van der Waals surface area contributed by atoms with Gasteiger partial charge >= 0.3 is 0 Å². The van der Waals surface area contributed by atoms with Gasteiger partial charge in [0.25, 0.3) is 11.8 Å². The van der Waals surface area contributed by atoms with Crippen LogP contribution < -0.4 is 0 Å². The molecule has 1 aliphatic rings. The van der Waals surface area contributed by atoms with Crippen LogP contribution >= 0.6 is 0 Å². The number of benzene rings is 3. The third-order valence-electron chi connectivity index (χ3n) is 6.11. The molecule has 0 bridgehead atoms. The van der Waals surface area contributed by atoms with E-state index in [1.165, 1.54) is 0 Å². The maximum atomic E-state index is 13.0. The zero-order valence-electron chi connectivity index (χ0n) is 18.3. The Labute approximate surface area is 193 Å². The molecule has 0 N–H and O–H groups in total. The van der Waals surface area contributed by atoms with Crippen LogP contribution in [-0.4, -0.2) is 52.4 Å². The molecule has 0 saturated carbocycles. The largest absolute Gasteiger partial charge is 0.335 e. The van der Waals surface area contributed by atoms with Crippen LogP contribution in [0.3, 0.4) is 0 Å². The van der Waals surface area contributed by atoms with Crippen LogP contribution in [0.1, 0.15) is 20.7 Å². The van der Waals surface area contributed by atoms with Gasteiger partial charge in [0.2, 0.25) is 0 Å². The van der Waals surface area contributed by atoms with Crippen molar-refractivity contribution in [2.75, 3.05) is 26.2 Å². The van der Waals surface area contributed by atoms with Gasteiger partial charge in [-0.2, -0.15) is 0 Å². The van der Waals surface area contributed by atoms with E-state index in [-0.39, 0.29) is 11.8 Å². The van der Waals surface area contributed by atoms with E-state index in [4.69, 9.17) is 0 Å². The summed E-state index contributed by atoms with van der Waals surface area (Å²) in [5.74, 6) is 0.0196. The predicted molar refractivity (Wildman–Crippen MR) is 129 cm³/mol. The van der Waals surface area contributed by atoms with E-state index in [1.54, 1.807) is 0 Å². The molecule has 3 aromatic carbocycles. The van der Waals surface area contributed by atoms with Crippen LogP contribution in [0.5, 0.6) is 0 Å². The molecule has 164 valence electrons. The molecule has 2 amide bonds. The highest BCUT2D eigenvalue weighted by Crippen LogP contribution is 2.20. The maximum Gasteiger partial charge on any atom is 0.253 e. The summed E-state index contributed by atoms with van der Waals surface area (Å²) in [6.45, 7) is 2.14. The maximum absolute atomic E-state index is 13.0. The van der Waals surface area contributed by atoms with Gasteiger partial charge in [-0.25, -0.2) is 0 Å². The third-order valence-corrected chi connectivity index (χ3v) is 6.11. The normalized spacial score (nSPS) is 13.7. The van der Waals surface area contributed by atoms with E-state index in [0.29, 0.717) is 37.3 Å². The summed E-state index contributed by atoms with van der Waals surface area (Å²) in [6.07, 6.45) is 3.95. The van der Waals surface area contributed by atoms with E-state index in [2.05, 4.69) is 12.1 Å². The topological polar surface area (TPSA) is 45.6 Å². The fourth-order valence-corrected chi connectivity index (χ4v) is 4.20. The Balaban J connectivity index is 1.19. The Morgan fingerprint density at radius 2 is 0.970 bits per heavy atom. The lowest BCUT2D eigenvalue weighted by atomic mass is 10.0. The summed E-state index contributed by atoms with van der Waals surface area (Å²) in [5.41, 5.74) is 4.58. The second kappa shape index (κ2) is 9.17. The van der Waals surface area contributed by atoms with Crippen molar-refractivity contribution in [2.45, 2.75) is 0 Å². The smallest absolute Gasteiger partial charge is 0.253 e. The fraction of sp³-hybridized carbons (Fsp3) is 0.143. The number of carbonyl (C=O) groups is 2. The number of amides is 2. The van der Waals surface area contributed by atoms with Crippen molar-refractivity contribution >= 4 is 11.8 Å². The highest BCUT2D eigenvalue weighted by atomic mass is 16.2. The third kappa shape index (κ3) is 4.44. The van der Waals surface area contributed by atoms with Gasteiger partial charge in [-0.15, -0.1) is 0 Å². The summed E-state index contributed by atoms with van der Waals surface area (Å²) in [5, 5.41) is 0. The molecule has 1 fully saturated rings. The van der Waals surface area contributed by atoms with Crippen LogP contribution in [0, 0.1) is 0 Å². The number of carbonyl (C=O) groups excluding carboxylic acids is 2. The molecular formula is C28H25N3O2. The molecule has 1 aliphatic heterocycles. The number of piperazine rings is 1. The Hall–Kier alpha value is -4.12. The van der Waals surface area contributed by atoms with E-state index in [0.717, 1.165) is 16.8 Å². The first-order chi connectivity index (χ1) is 16.2. The quantitative estimate of drug-likeness (QED) is 0.465. The summed E-state index contributed by atoms with van der Waals surface area (Å²) in [6, 6.07) is 29.4. The Morgan fingerprint density at radius 3 is 1.48 bits per heavy atom. The SMILES string of the molecule is O=C(c1ccc(-c2ccccc2)cc1)N1CCN(C(=O)c2ccc(-n3cccc3)cc2)CC1. The van der Waals surface area contributed by atoms with Crippen molar-refractivity contribution in [1.29, 1.82) is 0 Å². The zero-order chi connectivity index (χ0) is 22.6. The predicted octanol–water partition coefficient (Wildman–Crippen LogP) is 4.74. The molecule has 5 rings (SSSR count). The first kappa shape index (κ1) is 20.8. The monoisotopic (exact) mass is 435 g/mol. The van der Waals surface area contributed by atoms with Crippen molar-refractivity contribution in [2.24, 2.45) is 0 Å². The summed E-state index contributed by atoms with van der Waals surface area (Å²) in [4.78, 5) is 29.6. The van der Waals surface area contributed by atoms with E-state index in [1.807, 2.05) is 106 Å². The van der Waals surface area contributed by atoms with Crippen LogP contribution in [0.4, 0.5) is 0 Å². The Bertz CT molecular complexity index is 1220. The molecule has 2 heterocycles. The molecule has 1 aromatic heterocycles. The lowest BCUT2D eigenvalue weighted by molar-refractivity contribution is 0.0535. The van der Waals surface area contributed by atoms with E-state index < -0.39 is 0 Å². The van der Waals surface area contributed by atoms with Crippen molar-refractivity contribution in [3.63, 3.8) is 0 Å². The molecule has 0 aliphatic carbocycles. The molecule has 4 aromatic rings. The van der Waals surface area contributed by atoms with Crippen LogP contribution in [-0.2, 0) is 0 Å². The first-order valence-corrected chi connectivity index (χ1v) is 11.2. The van der Waals surface area contributed by atoms with Gasteiger partial charge in [-0.1, -0.05) is 42.5 Å². The molecule has 0 unspecified atom stereocenters. The Morgan fingerprint density at radius 1 is 0.515 bits per heavy atom. The van der Waals surface area contributed by atoms with Crippen molar-refractivity contribution in [3.8, 4) is 16.8 Å². The van der Waals surface area contributed by atoms with Gasteiger partial charge in [0.1, 0.15) is 0 Å². The highest BCUT2D eigenvalue weighted by molar-refractivity contribution is 5.96. The highest BCUT2D eigenvalue weighted by Gasteiger charge is 2.25. The van der Waals surface area contributed by atoms with Gasteiger partial charge in [0, 0.05) is 55.4 Å². The van der Waals surface area contributed by atoms with E-state index in [9.17, 15) is 9.59 Å². The zero-order valence-corrected chi connectivity index (χ0v) is 18.3. The number of hydrogen-bond donors (Lipinski definition) is 0. The molecule has 5 nitrogen and oxygen atoms in total. The number of nitrogens with zero attached hydrogens (tertiary/aromatic N) is 3. The molecular weight excluding hydrogens is 410 g/mol. The van der Waals surface area contributed by atoms with Crippen molar-refractivity contribution in [1.82, 2.24) is 14.4 Å². The minimum absolute atomic E-state index is 0.00775. The second-order valence-corrected chi connectivity index (χ2v) is 8.16. The van der Waals surface area contributed by atoms with E-state index >= 15 is 0 Å². The number of aromatic nitrogens is 1. The van der Waals surface area contributed by atoms with Gasteiger partial charge in [-0.05, 0) is 59.7 Å². The van der Waals surface area contributed by atoms with Gasteiger partial charge in [-0.3, -0.25) is 9.59 Å². The average Bonchev–Trinajstić information content (AvgIpc) is 3.44. The van der Waals surface area contributed by atoms with Crippen LogP contribution in [0.25, 0.3) is 16.8 Å². The minimum atomic E-state index is 0.00775. The summed E-state index contributed by atoms with van der Waals surface area (Å²) < 4.78 is 2.00. The first-order valence-electron chi connectivity index (χ1n) is 11.2. The summed E-state index contributed by atoms with van der Waals surface area (Å²) in [7, 11) is 0. The molecule has 33 heavy (non-hydrogen) atoms. The molecule has 0 radical (unpaired) electrons. The molecule has 1 saturated heterocycles. The number of hydrogen-bond acceptors (Lipinski definition) is 2. The average molecular weight is 436 g/mol. The lowest BCUT2D eigenvalue weighted by Crippen LogP contribution is -2.50. The minimum Gasteiger partial charge on any atom is -0.335 e. The molecule has 0 spiro atoms. The standard InChI is InChI=1S/C28H25N3O2/c32-27(24-10-8-23(9-11-24)22-6-2-1-3-7-22)30-18-20-31(21-19-30)28(33)25-12-14-26(15-13-25)29-16-4-5-17-29/h1-17H,18-21H2. The van der Waals surface area contributed by atoms with Crippen molar-refractivity contribution < 1.29 is 9.59 Å². The van der Waals surface area contributed by atoms with Crippen molar-refractivity contribution in [3.05, 3.63) is 115 Å². The molecule has 0 atom stereocenters.